The SMILES string of the molecule is O=C(/C=C/c1cccc(C(F)(F)F)c1)NCc1ccccc1C[NH+]1CCOCC1. The van der Waals surface area contributed by atoms with Crippen LogP contribution in [-0.2, 0) is 28.8 Å². The molecule has 29 heavy (non-hydrogen) atoms. The zero-order chi connectivity index (χ0) is 20.7. The molecule has 0 saturated carbocycles. The molecule has 0 unspecified atom stereocenters. The number of hydrogen-bond donors (Lipinski definition) is 2. The maximum atomic E-state index is 12.8. The fourth-order valence-corrected chi connectivity index (χ4v) is 3.24. The van der Waals surface area contributed by atoms with Gasteiger partial charge in [0.05, 0.1) is 18.8 Å². The summed E-state index contributed by atoms with van der Waals surface area (Å²) in [4.78, 5) is 13.6. The summed E-state index contributed by atoms with van der Waals surface area (Å²) in [5.41, 5.74) is 1.80. The van der Waals surface area contributed by atoms with E-state index in [2.05, 4.69) is 11.4 Å². The highest BCUT2D eigenvalue weighted by Crippen LogP contribution is 2.29. The molecule has 0 bridgehead atoms. The number of halogens is 3. The van der Waals surface area contributed by atoms with Crippen LogP contribution in [0, 0.1) is 0 Å². The molecule has 1 heterocycles. The van der Waals surface area contributed by atoms with Gasteiger partial charge in [-0.2, -0.15) is 13.2 Å². The summed E-state index contributed by atoms with van der Waals surface area (Å²) < 4.78 is 43.7. The molecular formula is C22H24F3N2O2+. The number of hydrogen-bond acceptors (Lipinski definition) is 2. The van der Waals surface area contributed by atoms with Crippen molar-refractivity contribution in [3.8, 4) is 0 Å². The molecule has 7 heteroatoms. The van der Waals surface area contributed by atoms with Gasteiger partial charge in [-0.05, 0) is 29.3 Å². The molecule has 0 radical (unpaired) electrons. The summed E-state index contributed by atoms with van der Waals surface area (Å²) in [6, 6.07) is 12.8. The summed E-state index contributed by atoms with van der Waals surface area (Å²) in [5, 5.41) is 2.81. The van der Waals surface area contributed by atoms with E-state index < -0.39 is 11.7 Å². The van der Waals surface area contributed by atoms with Gasteiger partial charge in [0, 0.05) is 18.2 Å². The molecule has 2 aromatic rings. The molecule has 2 N–H and O–H groups in total. The number of carbonyl (C=O) groups is 1. The Morgan fingerprint density at radius 1 is 1.07 bits per heavy atom. The highest BCUT2D eigenvalue weighted by molar-refractivity contribution is 5.91. The van der Waals surface area contributed by atoms with Crippen LogP contribution >= 0.6 is 0 Å². The normalized spacial score (nSPS) is 15.6. The first kappa shape index (κ1) is 21.1. The van der Waals surface area contributed by atoms with Gasteiger partial charge in [-0.25, -0.2) is 0 Å². The van der Waals surface area contributed by atoms with Crippen LogP contribution in [0.25, 0.3) is 6.08 Å². The second kappa shape index (κ2) is 9.71. The van der Waals surface area contributed by atoms with Gasteiger partial charge < -0.3 is 15.0 Å². The lowest BCUT2D eigenvalue weighted by atomic mass is 10.1. The monoisotopic (exact) mass is 405 g/mol. The molecule has 1 aliphatic heterocycles. The molecule has 1 fully saturated rings. The predicted molar refractivity (Wildman–Crippen MR) is 104 cm³/mol. The van der Waals surface area contributed by atoms with Crippen LogP contribution in [0.5, 0.6) is 0 Å². The van der Waals surface area contributed by atoms with Crippen molar-refractivity contribution >= 4 is 12.0 Å². The van der Waals surface area contributed by atoms with Gasteiger partial charge in [0.15, 0.2) is 0 Å². The number of nitrogens with one attached hydrogen (secondary N) is 2. The predicted octanol–water partition coefficient (Wildman–Crippen LogP) is 2.45. The van der Waals surface area contributed by atoms with E-state index in [9.17, 15) is 18.0 Å². The molecule has 4 nitrogen and oxygen atoms in total. The van der Waals surface area contributed by atoms with Crippen molar-refractivity contribution in [2.24, 2.45) is 0 Å². The number of amides is 1. The topological polar surface area (TPSA) is 42.8 Å². The maximum absolute atomic E-state index is 12.8. The number of quaternary nitrogens is 1. The van der Waals surface area contributed by atoms with E-state index >= 15 is 0 Å². The lowest BCUT2D eigenvalue weighted by molar-refractivity contribution is -0.921. The molecule has 1 amide bonds. The van der Waals surface area contributed by atoms with E-state index in [4.69, 9.17) is 4.74 Å². The average molecular weight is 405 g/mol. The Morgan fingerprint density at radius 2 is 1.79 bits per heavy atom. The molecule has 0 aliphatic carbocycles. The van der Waals surface area contributed by atoms with Gasteiger partial charge in [0.1, 0.15) is 19.6 Å². The third-order valence-electron chi connectivity index (χ3n) is 4.85. The second-order valence-electron chi connectivity index (χ2n) is 6.98. The highest BCUT2D eigenvalue weighted by Gasteiger charge is 2.30. The van der Waals surface area contributed by atoms with Crippen LogP contribution in [0.1, 0.15) is 22.3 Å². The summed E-state index contributed by atoms with van der Waals surface area (Å²) >= 11 is 0. The van der Waals surface area contributed by atoms with Crippen LogP contribution in [0.4, 0.5) is 13.2 Å². The van der Waals surface area contributed by atoms with Crippen molar-refractivity contribution in [1.29, 1.82) is 0 Å². The zero-order valence-electron chi connectivity index (χ0n) is 16.0. The minimum atomic E-state index is -4.40. The molecule has 1 aliphatic rings. The molecule has 154 valence electrons. The van der Waals surface area contributed by atoms with Crippen molar-refractivity contribution in [1.82, 2.24) is 5.32 Å². The van der Waals surface area contributed by atoms with Crippen LogP contribution in [0.3, 0.4) is 0 Å². The van der Waals surface area contributed by atoms with Crippen molar-refractivity contribution < 1.29 is 27.6 Å². The number of rotatable bonds is 6. The number of benzene rings is 2. The van der Waals surface area contributed by atoms with Crippen LogP contribution in [0.2, 0.25) is 0 Å². The quantitative estimate of drug-likeness (QED) is 0.725. The van der Waals surface area contributed by atoms with Crippen LogP contribution in [-0.4, -0.2) is 32.2 Å². The van der Waals surface area contributed by atoms with E-state index in [1.807, 2.05) is 18.2 Å². The van der Waals surface area contributed by atoms with Crippen molar-refractivity contribution in [2.75, 3.05) is 26.3 Å². The Kier molecular flexibility index (Phi) is 7.06. The number of morpholine rings is 1. The maximum Gasteiger partial charge on any atom is 0.416 e. The van der Waals surface area contributed by atoms with Crippen LogP contribution in [0.15, 0.2) is 54.6 Å². The molecule has 0 aromatic heterocycles. The molecule has 1 saturated heterocycles. The summed E-state index contributed by atoms with van der Waals surface area (Å²) in [5.74, 6) is -0.351. The number of carbonyl (C=O) groups excluding carboxylic acids is 1. The highest BCUT2D eigenvalue weighted by atomic mass is 19.4. The van der Waals surface area contributed by atoms with E-state index in [0.29, 0.717) is 12.1 Å². The fraction of sp³-hybridized carbons (Fsp3) is 0.318. The largest absolute Gasteiger partial charge is 0.416 e. The first-order valence-electron chi connectivity index (χ1n) is 9.53. The number of ether oxygens (including phenoxy) is 1. The minimum Gasteiger partial charge on any atom is -0.370 e. The Hall–Kier alpha value is -2.64. The van der Waals surface area contributed by atoms with Gasteiger partial charge in [-0.15, -0.1) is 0 Å². The fourth-order valence-electron chi connectivity index (χ4n) is 3.24. The second-order valence-corrected chi connectivity index (χ2v) is 6.98. The Labute approximate surface area is 168 Å². The Morgan fingerprint density at radius 3 is 2.52 bits per heavy atom. The Bertz CT molecular complexity index is 859. The smallest absolute Gasteiger partial charge is 0.370 e. The van der Waals surface area contributed by atoms with Crippen molar-refractivity contribution in [2.45, 2.75) is 19.3 Å². The van der Waals surface area contributed by atoms with Crippen molar-refractivity contribution in [3.63, 3.8) is 0 Å². The third-order valence-corrected chi connectivity index (χ3v) is 4.85. The van der Waals surface area contributed by atoms with Gasteiger partial charge >= 0.3 is 6.18 Å². The Balaban J connectivity index is 1.58. The van der Waals surface area contributed by atoms with Crippen molar-refractivity contribution in [3.05, 3.63) is 76.9 Å². The first-order chi connectivity index (χ1) is 13.9. The van der Waals surface area contributed by atoms with E-state index in [0.717, 1.165) is 50.5 Å². The lowest BCUT2D eigenvalue weighted by Gasteiger charge is -2.24. The van der Waals surface area contributed by atoms with E-state index in [-0.39, 0.29) is 5.91 Å². The first-order valence-corrected chi connectivity index (χ1v) is 9.53. The molecule has 0 spiro atoms. The van der Waals surface area contributed by atoms with Gasteiger partial charge in [0.25, 0.3) is 0 Å². The van der Waals surface area contributed by atoms with Gasteiger partial charge in [-0.1, -0.05) is 36.4 Å². The number of alkyl halides is 3. The van der Waals surface area contributed by atoms with E-state index in [1.165, 1.54) is 34.7 Å². The standard InChI is InChI=1S/C22H23F3N2O2/c23-22(24,25)20-7-3-4-17(14-20)8-9-21(28)26-15-18-5-1-2-6-19(18)16-27-10-12-29-13-11-27/h1-9,14H,10-13,15-16H2,(H,26,28)/p+1/b9-8+. The lowest BCUT2D eigenvalue weighted by Crippen LogP contribution is -3.12. The van der Waals surface area contributed by atoms with E-state index in [1.54, 1.807) is 0 Å². The third kappa shape index (κ3) is 6.44. The summed E-state index contributed by atoms with van der Waals surface area (Å²) in [7, 11) is 0. The zero-order valence-corrected chi connectivity index (χ0v) is 16.0. The molecule has 0 atom stereocenters. The van der Waals surface area contributed by atoms with Gasteiger partial charge in [0.2, 0.25) is 5.91 Å². The summed E-state index contributed by atoms with van der Waals surface area (Å²) in [6.45, 7) is 4.67. The minimum absolute atomic E-state index is 0.325. The van der Waals surface area contributed by atoms with Gasteiger partial charge in [-0.3, -0.25) is 4.79 Å². The average Bonchev–Trinajstić information content (AvgIpc) is 2.72. The molecule has 3 rings (SSSR count). The molecular weight excluding hydrogens is 381 g/mol. The van der Waals surface area contributed by atoms with Crippen LogP contribution < -0.4 is 10.2 Å². The summed E-state index contributed by atoms with van der Waals surface area (Å²) in [6.07, 6.45) is -1.77. The molecule has 2 aromatic carbocycles.